The molecule has 4 atom stereocenters. The lowest BCUT2D eigenvalue weighted by atomic mass is 9.80. The van der Waals surface area contributed by atoms with Crippen molar-refractivity contribution in [2.45, 2.75) is 56.9 Å². The molecule has 0 heterocycles. The molecule has 1 nitrogen and oxygen atoms in total. The van der Waals surface area contributed by atoms with Gasteiger partial charge in [0.05, 0.1) is 0 Å². The third kappa shape index (κ3) is 3.01. The van der Waals surface area contributed by atoms with Gasteiger partial charge in [-0.1, -0.05) is 24.6 Å². The van der Waals surface area contributed by atoms with Crippen LogP contribution in [0.1, 0.15) is 56.4 Å². The lowest BCUT2D eigenvalue weighted by molar-refractivity contribution is 0.289. The second-order valence-corrected chi connectivity index (χ2v) is 7.57. The zero-order chi connectivity index (χ0) is 14.2. The van der Waals surface area contributed by atoms with Crippen LogP contribution in [0.2, 0.25) is 0 Å². The Hall–Kier alpha value is -0.890. The van der Waals surface area contributed by atoms with Crippen LogP contribution in [0.25, 0.3) is 0 Å². The van der Waals surface area contributed by atoms with Crippen LogP contribution in [-0.2, 0) is 0 Å². The molecule has 4 unspecified atom stereocenters. The van der Waals surface area contributed by atoms with Gasteiger partial charge < -0.3 is 5.32 Å². The highest BCUT2D eigenvalue weighted by Crippen LogP contribution is 2.51. The molecule has 1 aromatic rings. The van der Waals surface area contributed by atoms with Gasteiger partial charge in [-0.2, -0.15) is 0 Å². The minimum Gasteiger partial charge on any atom is -0.313 e. The van der Waals surface area contributed by atoms with E-state index in [4.69, 9.17) is 0 Å². The van der Waals surface area contributed by atoms with Crippen LogP contribution < -0.4 is 5.32 Å². The summed E-state index contributed by atoms with van der Waals surface area (Å²) in [5.74, 6) is 3.11. The van der Waals surface area contributed by atoms with Crippen LogP contribution >= 0.6 is 0 Å². The number of hydrogen-bond acceptors (Lipinski definition) is 1. The van der Waals surface area contributed by atoms with Crippen LogP contribution in [0.15, 0.2) is 24.3 Å². The molecule has 0 spiro atoms. The van der Waals surface area contributed by atoms with Crippen molar-refractivity contribution in [3.05, 3.63) is 35.6 Å². The fourth-order valence-electron chi connectivity index (χ4n) is 4.75. The summed E-state index contributed by atoms with van der Waals surface area (Å²) < 4.78 is 14.2. The van der Waals surface area contributed by atoms with Gasteiger partial charge >= 0.3 is 0 Å². The van der Waals surface area contributed by atoms with Gasteiger partial charge in [-0.15, -0.1) is 0 Å². The van der Waals surface area contributed by atoms with Gasteiger partial charge in [-0.25, -0.2) is 4.39 Å². The molecular weight excluding hydrogens is 261 g/mol. The molecule has 0 amide bonds. The first kappa shape index (κ1) is 13.8. The molecule has 4 rings (SSSR count). The van der Waals surface area contributed by atoms with Gasteiger partial charge in [0.1, 0.15) is 5.82 Å². The van der Waals surface area contributed by atoms with Crippen molar-refractivity contribution in [1.29, 1.82) is 0 Å². The van der Waals surface area contributed by atoms with E-state index in [0.29, 0.717) is 12.0 Å². The molecule has 2 bridgehead atoms. The minimum atomic E-state index is -0.0109. The highest BCUT2D eigenvalue weighted by molar-refractivity contribution is 5.22. The maximum atomic E-state index is 14.2. The predicted octanol–water partition coefficient (Wildman–Crippen LogP) is 4.49. The molecule has 3 fully saturated rings. The third-order valence-electron chi connectivity index (χ3n) is 6.05. The number of fused-ring (bicyclic) bond motifs is 2. The molecule has 3 aliphatic carbocycles. The molecular formula is C19H26FN. The van der Waals surface area contributed by atoms with E-state index in [1.807, 2.05) is 18.2 Å². The number of hydrogen-bond donors (Lipinski definition) is 1. The summed E-state index contributed by atoms with van der Waals surface area (Å²) in [6.07, 6.45) is 9.52. The summed E-state index contributed by atoms with van der Waals surface area (Å²) in [6, 6.07) is 8.13. The molecule has 0 aliphatic heterocycles. The Morgan fingerprint density at radius 2 is 1.95 bits per heavy atom. The van der Waals surface area contributed by atoms with E-state index >= 15 is 0 Å². The first-order chi connectivity index (χ1) is 10.3. The van der Waals surface area contributed by atoms with Crippen LogP contribution in [0, 0.1) is 23.6 Å². The molecule has 1 aromatic carbocycles. The highest BCUT2D eigenvalue weighted by atomic mass is 19.1. The van der Waals surface area contributed by atoms with Crippen molar-refractivity contribution >= 4 is 0 Å². The van der Waals surface area contributed by atoms with Gasteiger partial charge in [0.15, 0.2) is 0 Å². The van der Waals surface area contributed by atoms with E-state index in [2.05, 4.69) is 5.32 Å². The molecule has 21 heavy (non-hydrogen) atoms. The zero-order valence-electron chi connectivity index (χ0n) is 12.7. The van der Waals surface area contributed by atoms with E-state index in [1.54, 1.807) is 6.07 Å². The van der Waals surface area contributed by atoms with Crippen LogP contribution in [0.3, 0.4) is 0 Å². The van der Waals surface area contributed by atoms with Gasteiger partial charge in [-0.3, -0.25) is 0 Å². The molecule has 114 valence electrons. The van der Waals surface area contributed by atoms with Crippen molar-refractivity contribution in [2.75, 3.05) is 6.54 Å². The largest absolute Gasteiger partial charge is 0.313 e. The summed E-state index contributed by atoms with van der Waals surface area (Å²) in [4.78, 5) is 0. The molecule has 0 radical (unpaired) electrons. The second-order valence-electron chi connectivity index (χ2n) is 7.57. The Bertz CT molecular complexity index is 496. The number of benzene rings is 1. The first-order valence-electron chi connectivity index (χ1n) is 8.77. The summed E-state index contributed by atoms with van der Waals surface area (Å²) in [7, 11) is 0. The molecule has 0 aromatic heterocycles. The zero-order valence-corrected chi connectivity index (χ0v) is 12.7. The van der Waals surface area contributed by atoms with Crippen LogP contribution in [0.5, 0.6) is 0 Å². The Balaban J connectivity index is 1.47. The standard InChI is InChI=1S/C19H26FN/c20-19-4-2-1-3-18(19)16(12-21-17-7-8-17)11-15-10-13-5-6-14(15)9-13/h1-4,13-17,21H,5-12H2. The molecule has 2 heteroatoms. The van der Waals surface area contributed by atoms with Crippen LogP contribution in [0.4, 0.5) is 4.39 Å². The first-order valence-corrected chi connectivity index (χ1v) is 8.77. The smallest absolute Gasteiger partial charge is 0.126 e. The number of rotatable bonds is 6. The lowest BCUT2D eigenvalue weighted by Gasteiger charge is -2.27. The second kappa shape index (κ2) is 5.72. The van der Waals surface area contributed by atoms with Crippen molar-refractivity contribution in [3.8, 4) is 0 Å². The monoisotopic (exact) mass is 287 g/mol. The summed E-state index contributed by atoms with van der Waals surface area (Å²) in [5, 5.41) is 3.63. The fourth-order valence-corrected chi connectivity index (χ4v) is 4.75. The Morgan fingerprint density at radius 1 is 1.10 bits per heavy atom. The Kier molecular flexibility index (Phi) is 3.74. The normalized spacial score (nSPS) is 32.5. The van der Waals surface area contributed by atoms with Gasteiger partial charge in [-0.05, 0) is 73.8 Å². The van der Waals surface area contributed by atoms with E-state index < -0.39 is 0 Å². The topological polar surface area (TPSA) is 12.0 Å². The highest BCUT2D eigenvalue weighted by Gasteiger charge is 2.40. The van der Waals surface area contributed by atoms with Gasteiger partial charge in [0, 0.05) is 12.6 Å². The molecule has 0 saturated heterocycles. The molecule has 3 saturated carbocycles. The van der Waals surface area contributed by atoms with E-state index in [0.717, 1.165) is 29.9 Å². The summed E-state index contributed by atoms with van der Waals surface area (Å²) >= 11 is 0. The predicted molar refractivity (Wildman–Crippen MR) is 83.7 cm³/mol. The lowest BCUT2D eigenvalue weighted by Crippen LogP contribution is -2.26. The number of halogens is 1. The maximum Gasteiger partial charge on any atom is 0.126 e. The van der Waals surface area contributed by atoms with Crippen molar-refractivity contribution in [1.82, 2.24) is 5.32 Å². The van der Waals surface area contributed by atoms with Crippen molar-refractivity contribution < 1.29 is 4.39 Å². The Labute approximate surface area is 127 Å². The Morgan fingerprint density at radius 3 is 2.62 bits per heavy atom. The van der Waals surface area contributed by atoms with Crippen LogP contribution in [-0.4, -0.2) is 12.6 Å². The minimum absolute atomic E-state index is 0.0109. The summed E-state index contributed by atoms with van der Waals surface area (Å²) in [5.41, 5.74) is 0.938. The average Bonchev–Trinajstić information content (AvgIpc) is 3.09. The van der Waals surface area contributed by atoms with E-state index in [9.17, 15) is 4.39 Å². The van der Waals surface area contributed by atoms with E-state index in [1.165, 1.54) is 44.9 Å². The average molecular weight is 287 g/mol. The number of nitrogens with one attached hydrogen (secondary N) is 1. The molecule has 3 aliphatic rings. The maximum absolute atomic E-state index is 14.2. The van der Waals surface area contributed by atoms with Crippen molar-refractivity contribution in [3.63, 3.8) is 0 Å². The van der Waals surface area contributed by atoms with Gasteiger partial charge in [0.25, 0.3) is 0 Å². The quantitative estimate of drug-likeness (QED) is 0.813. The SMILES string of the molecule is Fc1ccccc1C(CNC1CC1)CC1CC2CCC1C2. The molecule has 1 N–H and O–H groups in total. The third-order valence-corrected chi connectivity index (χ3v) is 6.05. The van der Waals surface area contributed by atoms with Gasteiger partial charge in [0.2, 0.25) is 0 Å². The van der Waals surface area contributed by atoms with Crippen molar-refractivity contribution in [2.24, 2.45) is 17.8 Å². The summed E-state index contributed by atoms with van der Waals surface area (Å²) in [6.45, 7) is 0.958. The van der Waals surface area contributed by atoms with E-state index in [-0.39, 0.29) is 5.82 Å². The fraction of sp³-hybridized carbons (Fsp3) is 0.684.